The van der Waals surface area contributed by atoms with E-state index in [0.717, 1.165) is 11.1 Å². The second-order valence-corrected chi connectivity index (χ2v) is 4.09. The Kier molecular flexibility index (Phi) is 3.87. The van der Waals surface area contributed by atoms with E-state index in [4.69, 9.17) is 0 Å². The van der Waals surface area contributed by atoms with Crippen molar-refractivity contribution in [1.29, 1.82) is 0 Å². The number of nitrogens with one attached hydrogen (secondary N) is 1. The number of anilines is 1. The molecule has 0 radical (unpaired) electrons. The third kappa shape index (κ3) is 3.64. The summed E-state index contributed by atoms with van der Waals surface area (Å²) in [5, 5.41) is 14.7. The van der Waals surface area contributed by atoms with E-state index in [1.807, 2.05) is 31.2 Å². The highest BCUT2D eigenvalue weighted by Gasteiger charge is 2.04. The maximum absolute atomic E-state index is 10.6. The van der Waals surface area contributed by atoms with Crippen LogP contribution in [-0.4, -0.2) is 11.1 Å². The topological polar surface area (TPSA) is 67.5 Å². The Hall–Kier alpha value is -2.69. The van der Waals surface area contributed by atoms with Gasteiger partial charge in [-0.1, -0.05) is 35.9 Å². The number of hydrogen-bond donors (Lipinski definition) is 1. The van der Waals surface area contributed by atoms with Crippen LogP contribution in [0.5, 0.6) is 0 Å². The summed E-state index contributed by atoms with van der Waals surface area (Å²) < 4.78 is 0. The van der Waals surface area contributed by atoms with Crippen molar-refractivity contribution in [3.05, 3.63) is 69.8 Å². The fourth-order valence-electron chi connectivity index (χ4n) is 1.62. The zero-order chi connectivity index (χ0) is 13.7. The van der Waals surface area contributed by atoms with Crippen LogP contribution in [0, 0.1) is 17.0 Å². The van der Waals surface area contributed by atoms with E-state index in [1.54, 1.807) is 18.3 Å². The lowest BCUT2D eigenvalue weighted by atomic mass is 10.2. The summed E-state index contributed by atoms with van der Waals surface area (Å²) in [6.07, 6.45) is 1.67. The molecule has 0 fully saturated rings. The molecule has 0 aliphatic carbocycles. The van der Waals surface area contributed by atoms with Crippen molar-refractivity contribution in [2.75, 3.05) is 5.43 Å². The summed E-state index contributed by atoms with van der Waals surface area (Å²) in [6, 6.07) is 14.1. The van der Waals surface area contributed by atoms with Crippen molar-refractivity contribution in [2.45, 2.75) is 6.92 Å². The van der Waals surface area contributed by atoms with Gasteiger partial charge < -0.3 is 0 Å². The summed E-state index contributed by atoms with van der Waals surface area (Å²) >= 11 is 0. The van der Waals surface area contributed by atoms with Gasteiger partial charge in [0.15, 0.2) is 0 Å². The van der Waals surface area contributed by atoms with Crippen molar-refractivity contribution in [3.8, 4) is 0 Å². The van der Waals surface area contributed by atoms with Crippen LogP contribution in [-0.2, 0) is 0 Å². The monoisotopic (exact) mass is 255 g/mol. The summed E-state index contributed by atoms with van der Waals surface area (Å²) in [7, 11) is 0. The van der Waals surface area contributed by atoms with Crippen molar-refractivity contribution >= 4 is 17.6 Å². The highest BCUT2D eigenvalue weighted by molar-refractivity contribution is 5.80. The Morgan fingerprint density at radius 2 is 2.00 bits per heavy atom. The first kappa shape index (κ1) is 12.8. The third-order valence-electron chi connectivity index (χ3n) is 2.51. The quantitative estimate of drug-likeness (QED) is 0.517. The standard InChI is InChI=1S/C14H13N3O2/c1-11-4-2-5-12(8-11)10-15-16-13-6-3-7-14(9-13)17(18)19/h2-10,16H,1H3/b15-10+. The Morgan fingerprint density at radius 1 is 1.21 bits per heavy atom. The van der Waals surface area contributed by atoms with Gasteiger partial charge in [-0.05, 0) is 18.6 Å². The molecule has 0 saturated heterocycles. The second kappa shape index (κ2) is 5.77. The highest BCUT2D eigenvalue weighted by atomic mass is 16.6. The molecule has 0 aliphatic heterocycles. The molecule has 0 unspecified atom stereocenters. The third-order valence-corrected chi connectivity index (χ3v) is 2.51. The zero-order valence-corrected chi connectivity index (χ0v) is 10.4. The van der Waals surface area contributed by atoms with Crippen LogP contribution >= 0.6 is 0 Å². The highest BCUT2D eigenvalue weighted by Crippen LogP contribution is 2.16. The Balaban J connectivity index is 2.06. The van der Waals surface area contributed by atoms with Gasteiger partial charge in [0.2, 0.25) is 0 Å². The predicted octanol–water partition coefficient (Wildman–Crippen LogP) is 3.35. The van der Waals surface area contributed by atoms with E-state index in [0.29, 0.717) is 5.69 Å². The molecule has 0 atom stereocenters. The second-order valence-electron chi connectivity index (χ2n) is 4.09. The van der Waals surface area contributed by atoms with E-state index in [2.05, 4.69) is 10.5 Å². The molecule has 2 aromatic rings. The molecular weight excluding hydrogens is 242 g/mol. The van der Waals surface area contributed by atoms with Gasteiger partial charge in [-0.2, -0.15) is 5.10 Å². The van der Waals surface area contributed by atoms with Crippen molar-refractivity contribution in [3.63, 3.8) is 0 Å². The average molecular weight is 255 g/mol. The van der Waals surface area contributed by atoms with Crippen LogP contribution in [0.3, 0.4) is 0 Å². The number of benzene rings is 2. The first-order valence-electron chi connectivity index (χ1n) is 5.75. The first-order valence-corrected chi connectivity index (χ1v) is 5.75. The van der Waals surface area contributed by atoms with Crippen LogP contribution in [0.1, 0.15) is 11.1 Å². The van der Waals surface area contributed by atoms with Crippen LogP contribution < -0.4 is 5.43 Å². The lowest BCUT2D eigenvalue weighted by Crippen LogP contribution is -1.93. The molecule has 5 heteroatoms. The molecule has 0 saturated carbocycles. The molecule has 0 spiro atoms. The van der Waals surface area contributed by atoms with Gasteiger partial charge in [-0.15, -0.1) is 0 Å². The molecule has 0 amide bonds. The minimum atomic E-state index is -0.435. The number of aryl methyl sites for hydroxylation is 1. The normalized spacial score (nSPS) is 10.6. The summed E-state index contributed by atoms with van der Waals surface area (Å²) in [4.78, 5) is 10.2. The number of rotatable bonds is 4. The van der Waals surface area contributed by atoms with Crippen molar-refractivity contribution in [2.24, 2.45) is 5.10 Å². The Bertz CT molecular complexity index is 624. The minimum Gasteiger partial charge on any atom is -0.278 e. The largest absolute Gasteiger partial charge is 0.278 e. The lowest BCUT2D eigenvalue weighted by Gasteiger charge is -2.00. The maximum atomic E-state index is 10.6. The van der Waals surface area contributed by atoms with E-state index in [1.165, 1.54) is 12.1 Å². The fourth-order valence-corrected chi connectivity index (χ4v) is 1.62. The number of nitrogens with zero attached hydrogens (tertiary/aromatic N) is 2. The van der Waals surface area contributed by atoms with E-state index < -0.39 is 4.92 Å². The molecule has 1 N–H and O–H groups in total. The first-order chi connectivity index (χ1) is 9.15. The molecule has 0 bridgehead atoms. The molecule has 0 heterocycles. The van der Waals surface area contributed by atoms with Crippen LogP contribution in [0.25, 0.3) is 0 Å². The van der Waals surface area contributed by atoms with Gasteiger partial charge in [0.1, 0.15) is 0 Å². The van der Waals surface area contributed by atoms with Crippen LogP contribution in [0.4, 0.5) is 11.4 Å². The lowest BCUT2D eigenvalue weighted by molar-refractivity contribution is -0.384. The minimum absolute atomic E-state index is 0.0377. The predicted molar refractivity (Wildman–Crippen MR) is 75.5 cm³/mol. The summed E-state index contributed by atoms with van der Waals surface area (Å²) in [5.74, 6) is 0. The maximum Gasteiger partial charge on any atom is 0.271 e. The smallest absolute Gasteiger partial charge is 0.271 e. The van der Waals surface area contributed by atoms with Crippen LogP contribution in [0.15, 0.2) is 53.6 Å². The van der Waals surface area contributed by atoms with Crippen LogP contribution in [0.2, 0.25) is 0 Å². The van der Waals surface area contributed by atoms with Crippen molar-refractivity contribution < 1.29 is 4.92 Å². The summed E-state index contributed by atoms with van der Waals surface area (Å²) in [5.41, 5.74) is 5.51. The van der Waals surface area contributed by atoms with Gasteiger partial charge in [-0.3, -0.25) is 15.5 Å². The molecule has 0 aromatic heterocycles. The van der Waals surface area contributed by atoms with E-state index in [-0.39, 0.29) is 5.69 Å². The SMILES string of the molecule is Cc1cccc(/C=N/Nc2cccc([N+](=O)[O-])c2)c1. The van der Waals surface area contributed by atoms with Gasteiger partial charge in [-0.25, -0.2) is 0 Å². The Labute approximate surface area is 110 Å². The molecule has 2 rings (SSSR count). The Morgan fingerprint density at radius 3 is 2.74 bits per heavy atom. The average Bonchev–Trinajstić information content (AvgIpc) is 2.39. The molecule has 0 aliphatic rings. The van der Waals surface area contributed by atoms with E-state index >= 15 is 0 Å². The number of non-ortho nitro benzene ring substituents is 1. The zero-order valence-electron chi connectivity index (χ0n) is 10.4. The van der Waals surface area contributed by atoms with Gasteiger partial charge in [0, 0.05) is 12.1 Å². The number of nitro groups is 1. The molecule has 5 nitrogen and oxygen atoms in total. The fraction of sp³-hybridized carbons (Fsp3) is 0.0714. The molecule has 19 heavy (non-hydrogen) atoms. The molecule has 96 valence electrons. The van der Waals surface area contributed by atoms with Crippen molar-refractivity contribution in [1.82, 2.24) is 0 Å². The molecular formula is C14H13N3O2. The van der Waals surface area contributed by atoms with Gasteiger partial charge in [0.25, 0.3) is 5.69 Å². The number of hydrogen-bond acceptors (Lipinski definition) is 4. The van der Waals surface area contributed by atoms with Gasteiger partial charge in [0.05, 0.1) is 16.8 Å². The number of nitro benzene ring substituents is 1. The van der Waals surface area contributed by atoms with E-state index in [9.17, 15) is 10.1 Å². The van der Waals surface area contributed by atoms with Gasteiger partial charge >= 0.3 is 0 Å². The summed E-state index contributed by atoms with van der Waals surface area (Å²) in [6.45, 7) is 2.01. The molecule has 2 aromatic carbocycles. The number of hydrazone groups is 1.